The number of nitrogens with zero attached hydrogens (tertiary/aromatic N) is 1. The number of anilines is 1. The third-order valence-corrected chi connectivity index (χ3v) is 10.7. The first kappa shape index (κ1) is 31.9. The molecule has 2 heterocycles. The van der Waals surface area contributed by atoms with E-state index in [1.54, 1.807) is 0 Å². The minimum Gasteiger partial charge on any atom is -0.460 e. The second kappa shape index (κ2) is 13.6. The Bertz CT molecular complexity index is 2460. The van der Waals surface area contributed by atoms with Crippen molar-refractivity contribution in [3.8, 4) is 5.75 Å². The fourth-order valence-electron chi connectivity index (χ4n) is 8.14. The van der Waals surface area contributed by atoms with Gasteiger partial charge in [-0.15, -0.1) is 0 Å². The van der Waals surface area contributed by atoms with E-state index >= 15 is 0 Å². The zero-order valence-corrected chi connectivity index (χ0v) is 29.6. The highest BCUT2D eigenvalue weighted by molar-refractivity contribution is 6.08. The summed E-state index contributed by atoms with van der Waals surface area (Å²) in [6.07, 6.45) is 18.6. The van der Waals surface area contributed by atoms with E-state index in [0.717, 1.165) is 69.4 Å². The van der Waals surface area contributed by atoms with E-state index in [-0.39, 0.29) is 6.04 Å². The lowest BCUT2D eigenvalue weighted by atomic mass is 9.85. The van der Waals surface area contributed by atoms with E-state index < -0.39 is 0 Å². The number of rotatable bonds is 7. The number of hydrogen-bond acceptors (Lipinski definition) is 3. The van der Waals surface area contributed by atoms with Gasteiger partial charge in [-0.25, -0.2) is 0 Å². The molecule has 52 heavy (non-hydrogen) atoms. The number of allylic oxidation sites excluding steroid dienone is 10. The van der Waals surface area contributed by atoms with Crippen molar-refractivity contribution < 1.29 is 9.15 Å². The third-order valence-electron chi connectivity index (χ3n) is 10.7. The van der Waals surface area contributed by atoms with Crippen LogP contribution < -0.4 is 9.64 Å². The average Bonchev–Trinajstić information content (AvgIpc) is 3.80. The zero-order chi connectivity index (χ0) is 35.0. The van der Waals surface area contributed by atoms with Crippen molar-refractivity contribution in [3.05, 3.63) is 198 Å². The Morgan fingerprint density at radius 2 is 1.58 bits per heavy atom. The molecule has 2 aliphatic carbocycles. The Morgan fingerprint density at radius 3 is 2.37 bits per heavy atom. The molecule has 0 amide bonds. The quantitative estimate of drug-likeness (QED) is 0.168. The molecule has 1 aromatic heterocycles. The van der Waals surface area contributed by atoms with E-state index in [2.05, 4.69) is 170 Å². The van der Waals surface area contributed by atoms with Gasteiger partial charge in [0, 0.05) is 45.3 Å². The van der Waals surface area contributed by atoms with Gasteiger partial charge >= 0.3 is 0 Å². The van der Waals surface area contributed by atoms with Crippen LogP contribution in [0.1, 0.15) is 48.9 Å². The second-order valence-corrected chi connectivity index (χ2v) is 14.0. The third kappa shape index (κ3) is 5.82. The molecule has 0 saturated carbocycles. The molecule has 3 aliphatic rings. The molecule has 0 spiro atoms. The van der Waals surface area contributed by atoms with Crippen LogP contribution >= 0.6 is 0 Å². The Kier molecular flexibility index (Phi) is 8.33. The minimum atomic E-state index is 0.163. The van der Waals surface area contributed by atoms with Crippen molar-refractivity contribution in [1.82, 2.24) is 0 Å². The maximum Gasteiger partial charge on any atom is 0.143 e. The molecule has 0 radical (unpaired) electrons. The van der Waals surface area contributed by atoms with Crippen molar-refractivity contribution in [2.24, 2.45) is 5.92 Å². The van der Waals surface area contributed by atoms with Crippen LogP contribution in [0.3, 0.4) is 0 Å². The summed E-state index contributed by atoms with van der Waals surface area (Å²) >= 11 is 0. The van der Waals surface area contributed by atoms with Crippen molar-refractivity contribution in [2.45, 2.75) is 39.2 Å². The molecular formula is C49H41NO2. The van der Waals surface area contributed by atoms with Crippen LogP contribution in [0.5, 0.6) is 5.75 Å². The monoisotopic (exact) mass is 675 g/mol. The van der Waals surface area contributed by atoms with E-state index in [4.69, 9.17) is 9.15 Å². The summed E-state index contributed by atoms with van der Waals surface area (Å²) in [5.74, 6) is 2.34. The summed E-state index contributed by atoms with van der Waals surface area (Å²) in [6, 6.07) is 43.2. The second-order valence-electron chi connectivity index (χ2n) is 14.0. The van der Waals surface area contributed by atoms with Gasteiger partial charge < -0.3 is 14.1 Å². The van der Waals surface area contributed by atoms with Gasteiger partial charge in [-0.05, 0) is 78.3 Å². The standard InChI is InChI=1S/C49H41NO2/c1-3-12-42(48-32-37-15-7-9-19-46(37)51-48)35-21-25-38(26-22-35)50(40-29-30-41(33(2)31-40)34-13-5-4-6-14-34)39-27-23-36(24-28-39)43-17-11-18-45-44-16-8-10-20-47(44)52-49(43)45/h3-27,29-30,33,39H,28,31-32H2,1-2H3/b12-3-,48-42-. The van der Waals surface area contributed by atoms with Crippen LogP contribution in [-0.2, 0) is 6.42 Å². The first-order chi connectivity index (χ1) is 25.6. The lowest BCUT2D eigenvalue weighted by Gasteiger charge is -2.37. The van der Waals surface area contributed by atoms with Gasteiger partial charge in [0.2, 0.25) is 0 Å². The van der Waals surface area contributed by atoms with Gasteiger partial charge in [0.05, 0.1) is 6.04 Å². The van der Waals surface area contributed by atoms with Crippen LogP contribution in [0.2, 0.25) is 0 Å². The summed E-state index contributed by atoms with van der Waals surface area (Å²) in [5, 5.41) is 2.32. The van der Waals surface area contributed by atoms with E-state index in [0.29, 0.717) is 5.92 Å². The summed E-state index contributed by atoms with van der Waals surface area (Å²) in [6.45, 7) is 4.42. The SMILES string of the molecule is C/C=C\C(=C1/Cc2ccccc2O1)c1ccc(N(C2=CC=C(c3ccccc3)C(C)C2)C2C=CC(c3cccc4c3oc3ccccc34)=CC2)cc1. The van der Waals surface area contributed by atoms with Crippen LogP contribution in [-0.4, -0.2) is 6.04 Å². The summed E-state index contributed by atoms with van der Waals surface area (Å²) in [7, 11) is 0. The topological polar surface area (TPSA) is 25.6 Å². The fraction of sp³-hybridized carbons (Fsp3) is 0.143. The zero-order valence-electron chi connectivity index (χ0n) is 29.6. The number of ether oxygens (including phenoxy) is 1. The first-order valence-corrected chi connectivity index (χ1v) is 18.4. The lowest BCUT2D eigenvalue weighted by molar-refractivity contribution is 0.449. The maximum atomic E-state index is 6.42. The number of fused-ring (bicyclic) bond motifs is 4. The van der Waals surface area contributed by atoms with Crippen molar-refractivity contribution in [2.75, 3.05) is 4.90 Å². The highest BCUT2D eigenvalue weighted by atomic mass is 16.5. The minimum absolute atomic E-state index is 0.163. The van der Waals surface area contributed by atoms with Crippen LogP contribution in [0.15, 0.2) is 180 Å². The molecule has 3 heteroatoms. The molecule has 9 rings (SSSR count). The predicted molar refractivity (Wildman–Crippen MR) is 217 cm³/mol. The van der Waals surface area contributed by atoms with Crippen LogP contribution in [0, 0.1) is 5.92 Å². The Labute approximate surface area is 305 Å². The molecule has 254 valence electrons. The average molecular weight is 676 g/mol. The van der Waals surface area contributed by atoms with Crippen molar-refractivity contribution >= 4 is 44.3 Å². The molecule has 0 saturated heterocycles. The summed E-state index contributed by atoms with van der Waals surface area (Å²) in [5.41, 5.74) is 12.9. The van der Waals surface area contributed by atoms with E-state index in [9.17, 15) is 0 Å². The van der Waals surface area contributed by atoms with Gasteiger partial charge in [-0.1, -0.05) is 140 Å². The van der Waals surface area contributed by atoms with Gasteiger partial charge in [-0.3, -0.25) is 0 Å². The fourth-order valence-corrected chi connectivity index (χ4v) is 8.14. The first-order valence-electron chi connectivity index (χ1n) is 18.4. The lowest BCUT2D eigenvalue weighted by Crippen LogP contribution is -2.35. The summed E-state index contributed by atoms with van der Waals surface area (Å²) < 4.78 is 12.8. The van der Waals surface area contributed by atoms with Gasteiger partial charge in [0.15, 0.2) is 0 Å². The van der Waals surface area contributed by atoms with Gasteiger partial charge in [0.25, 0.3) is 0 Å². The molecular weight excluding hydrogens is 635 g/mol. The smallest absolute Gasteiger partial charge is 0.143 e. The van der Waals surface area contributed by atoms with E-state index in [1.807, 2.05) is 12.1 Å². The highest BCUT2D eigenvalue weighted by Crippen LogP contribution is 2.41. The maximum absolute atomic E-state index is 6.42. The van der Waals surface area contributed by atoms with E-state index in [1.165, 1.54) is 33.7 Å². The molecule has 5 aromatic carbocycles. The molecule has 3 nitrogen and oxygen atoms in total. The largest absolute Gasteiger partial charge is 0.460 e. The molecule has 6 aromatic rings. The van der Waals surface area contributed by atoms with Gasteiger partial charge in [0.1, 0.15) is 22.7 Å². The molecule has 0 bridgehead atoms. The highest BCUT2D eigenvalue weighted by Gasteiger charge is 2.27. The Hall–Kier alpha value is -6.06. The normalized spacial score (nSPS) is 19.3. The van der Waals surface area contributed by atoms with Crippen LogP contribution in [0.4, 0.5) is 5.69 Å². The van der Waals surface area contributed by atoms with Crippen LogP contribution in [0.25, 0.3) is 38.7 Å². The number of hydrogen-bond donors (Lipinski definition) is 0. The van der Waals surface area contributed by atoms with Gasteiger partial charge in [-0.2, -0.15) is 0 Å². The Morgan fingerprint density at radius 1 is 0.788 bits per heavy atom. The number of furan rings is 1. The number of para-hydroxylation sites is 3. The predicted octanol–water partition coefficient (Wildman–Crippen LogP) is 12.7. The van der Waals surface area contributed by atoms with Crippen molar-refractivity contribution in [1.29, 1.82) is 0 Å². The molecule has 0 N–H and O–H groups in total. The molecule has 2 unspecified atom stereocenters. The Balaban J connectivity index is 1.07. The van der Waals surface area contributed by atoms with Crippen molar-refractivity contribution in [3.63, 3.8) is 0 Å². The summed E-state index contributed by atoms with van der Waals surface area (Å²) in [4.78, 5) is 2.55. The molecule has 1 aliphatic heterocycles. The number of benzene rings is 5. The molecule has 0 fully saturated rings. The molecule has 2 atom stereocenters.